The summed E-state index contributed by atoms with van der Waals surface area (Å²) in [6.45, 7) is 3.84. The average Bonchev–Trinajstić information content (AvgIpc) is 1.87. The lowest BCUT2D eigenvalue weighted by Gasteiger charge is -2.05. The molecule has 0 radical (unpaired) electrons. The van der Waals surface area contributed by atoms with Crippen molar-refractivity contribution in [3.05, 3.63) is 0 Å². The molecule has 0 amide bonds. The molecule has 0 aromatic heterocycles. The summed E-state index contributed by atoms with van der Waals surface area (Å²) >= 11 is 0. The minimum absolute atomic E-state index is 0.257. The Labute approximate surface area is 60.1 Å². The van der Waals surface area contributed by atoms with Crippen molar-refractivity contribution in [1.29, 1.82) is 0 Å². The van der Waals surface area contributed by atoms with Gasteiger partial charge in [0.15, 0.2) is 0 Å². The van der Waals surface area contributed by atoms with Crippen molar-refractivity contribution in [3.8, 4) is 0 Å². The van der Waals surface area contributed by atoms with Crippen molar-refractivity contribution in [2.75, 3.05) is 19.7 Å². The molecule has 0 fully saturated rings. The first kappa shape index (κ1) is 9.80. The van der Waals surface area contributed by atoms with E-state index in [0.717, 1.165) is 13.0 Å². The molecule has 0 atom stereocenters. The molecule has 5 nitrogen and oxygen atoms in total. The van der Waals surface area contributed by atoms with Crippen LogP contribution in [-0.4, -0.2) is 35.5 Å². The summed E-state index contributed by atoms with van der Waals surface area (Å²) in [5.41, 5.74) is 0. The van der Waals surface area contributed by atoms with E-state index in [0.29, 0.717) is 6.54 Å². The minimum Gasteiger partial charge on any atom is -0.314 e. The van der Waals surface area contributed by atoms with Crippen molar-refractivity contribution in [2.24, 2.45) is 0 Å². The van der Waals surface area contributed by atoms with Crippen LogP contribution in [0.15, 0.2) is 0 Å². The van der Waals surface area contributed by atoms with Gasteiger partial charge in [-0.15, -0.1) is 0 Å². The molecule has 0 heterocycles. The van der Waals surface area contributed by atoms with Gasteiger partial charge in [0.1, 0.15) is 0 Å². The maximum atomic E-state index is 8.05. The van der Waals surface area contributed by atoms with Crippen LogP contribution >= 0.6 is 0 Å². The van der Waals surface area contributed by atoms with Crippen molar-refractivity contribution in [3.63, 3.8) is 0 Å². The maximum absolute atomic E-state index is 8.05. The van der Waals surface area contributed by atoms with Gasteiger partial charge in [0.05, 0.1) is 12.0 Å². The maximum Gasteiger partial charge on any atom is 0.0860 e. The highest BCUT2D eigenvalue weighted by Crippen LogP contribution is 1.75. The molecular weight excluding hydrogens is 136 g/mol. The van der Waals surface area contributed by atoms with Gasteiger partial charge in [-0.2, -0.15) is 0 Å². The van der Waals surface area contributed by atoms with Gasteiger partial charge in [0.2, 0.25) is 0 Å². The van der Waals surface area contributed by atoms with E-state index in [9.17, 15) is 0 Å². The highest BCUT2D eigenvalue weighted by Gasteiger charge is 1.91. The molecule has 3 N–H and O–H groups in total. The van der Waals surface area contributed by atoms with Crippen LogP contribution in [0.2, 0.25) is 0 Å². The molecule has 0 aromatic carbocycles. The average molecular weight is 150 g/mol. The van der Waals surface area contributed by atoms with Crippen LogP contribution in [0, 0.1) is 0 Å². The van der Waals surface area contributed by atoms with Crippen molar-refractivity contribution in [1.82, 2.24) is 10.7 Å². The van der Waals surface area contributed by atoms with E-state index < -0.39 is 0 Å². The SMILES string of the molecule is CCCNCCON(O)O. The summed E-state index contributed by atoms with van der Waals surface area (Å²) < 4.78 is 0. The lowest BCUT2D eigenvalue weighted by atomic mass is 10.5. The normalized spacial score (nSPS) is 10.8. The van der Waals surface area contributed by atoms with Gasteiger partial charge < -0.3 is 5.32 Å². The first-order chi connectivity index (χ1) is 4.77. The van der Waals surface area contributed by atoms with E-state index in [1.165, 1.54) is 0 Å². The summed E-state index contributed by atoms with van der Waals surface area (Å²) in [5, 5.41) is 18.8. The molecule has 5 heteroatoms. The Morgan fingerprint density at radius 2 is 2.10 bits per heavy atom. The Balaban J connectivity index is 2.77. The van der Waals surface area contributed by atoms with Crippen LogP contribution in [0.25, 0.3) is 0 Å². The van der Waals surface area contributed by atoms with E-state index in [1.807, 2.05) is 0 Å². The minimum atomic E-state index is -0.284. The molecule has 0 spiro atoms. The fourth-order valence-corrected chi connectivity index (χ4v) is 0.501. The molecule has 0 aromatic rings. The van der Waals surface area contributed by atoms with Crippen molar-refractivity contribution in [2.45, 2.75) is 13.3 Å². The zero-order valence-electron chi connectivity index (χ0n) is 6.08. The molecular formula is C5H14N2O3. The zero-order chi connectivity index (χ0) is 7.82. The fraction of sp³-hybridized carbons (Fsp3) is 1.00. The van der Waals surface area contributed by atoms with Crippen LogP contribution < -0.4 is 5.32 Å². The number of hydrogen-bond acceptors (Lipinski definition) is 5. The lowest BCUT2D eigenvalue weighted by molar-refractivity contribution is -0.491. The second-order valence-corrected chi connectivity index (χ2v) is 1.84. The van der Waals surface area contributed by atoms with E-state index >= 15 is 0 Å². The lowest BCUT2D eigenvalue weighted by Crippen LogP contribution is -2.24. The van der Waals surface area contributed by atoms with Crippen LogP contribution in [-0.2, 0) is 4.84 Å². The first-order valence-corrected chi connectivity index (χ1v) is 3.29. The molecule has 0 aliphatic carbocycles. The van der Waals surface area contributed by atoms with E-state index in [-0.39, 0.29) is 12.0 Å². The summed E-state index contributed by atoms with van der Waals surface area (Å²) in [7, 11) is 0. The van der Waals surface area contributed by atoms with Gasteiger partial charge in [-0.25, -0.2) is 4.84 Å². The molecule has 10 heavy (non-hydrogen) atoms. The molecule has 0 aliphatic heterocycles. The van der Waals surface area contributed by atoms with Crippen LogP contribution in [0.1, 0.15) is 13.3 Å². The Kier molecular flexibility index (Phi) is 6.78. The van der Waals surface area contributed by atoms with Gasteiger partial charge in [0.25, 0.3) is 0 Å². The molecule has 0 unspecified atom stereocenters. The van der Waals surface area contributed by atoms with Gasteiger partial charge in [0, 0.05) is 6.54 Å². The highest BCUT2D eigenvalue weighted by molar-refractivity contribution is 4.41. The van der Waals surface area contributed by atoms with Crippen molar-refractivity contribution < 1.29 is 15.3 Å². The molecule has 0 saturated carbocycles. The third-order valence-corrected chi connectivity index (χ3v) is 0.912. The third kappa shape index (κ3) is 7.80. The van der Waals surface area contributed by atoms with Gasteiger partial charge in [-0.1, -0.05) is 6.92 Å². The third-order valence-electron chi connectivity index (χ3n) is 0.912. The molecule has 0 aliphatic rings. The fourth-order valence-electron chi connectivity index (χ4n) is 0.501. The molecule has 62 valence electrons. The molecule has 0 saturated heterocycles. The van der Waals surface area contributed by atoms with E-state index in [2.05, 4.69) is 17.1 Å². The smallest absolute Gasteiger partial charge is 0.0860 e. The number of nitrogens with one attached hydrogen (secondary N) is 1. The standard InChI is InChI=1S/C5H14N2O3/c1-2-3-6-4-5-10-7(8)9/h6,8-9H,2-5H2,1H3. The van der Waals surface area contributed by atoms with Crippen LogP contribution in [0.4, 0.5) is 0 Å². The number of hydrogen-bond donors (Lipinski definition) is 3. The Morgan fingerprint density at radius 1 is 1.40 bits per heavy atom. The quantitative estimate of drug-likeness (QED) is 0.367. The molecule has 0 bridgehead atoms. The van der Waals surface area contributed by atoms with Gasteiger partial charge >= 0.3 is 0 Å². The van der Waals surface area contributed by atoms with Gasteiger partial charge in [-0.3, -0.25) is 10.4 Å². The Hall–Kier alpha value is -0.200. The second kappa shape index (κ2) is 6.91. The summed E-state index contributed by atoms with van der Waals surface area (Å²) in [6.07, 6.45) is 1.06. The summed E-state index contributed by atoms with van der Waals surface area (Å²) in [6, 6.07) is 0. The first-order valence-electron chi connectivity index (χ1n) is 3.29. The molecule has 0 rings (SSSR count). The largest absolute Gasteiger partial charge is 0.314 e. The van der Waals surface area contributed by atoms with Crippen LogP contribution in [0.3, 0.4) is 0 Å². The predicted molar refractivity (Wildman–Crippen MR) is 34.5 cm³/mol. The van der Waals surface area contributed by atoms with Gasteiger partial charge in [-0.05, 0) is 13.0 Å². The second-order valence-electron chi connectivity index (χ2n) is 1.84. The van der Waals surface area contributed by atoms with Crippen LogP contribution in [0.5, 0.6) is 0 Å². The van der Waals surface area contributed by atoms with Crippen molar-refractivity contribution >= 4 is 0 Å². The predicted octanol–water partition coefficient (Wildman–Crippen LogP) is -0.00200. The Morgan fingerprint density at radius 3 is 2.60 bits per heavy atom. The van der Waals surface area contributed by atoms with E-state index in [1.54, 1.807) is 0 Å². The Bertz CT molecular complexity index is 69.9. The highest BCUT2D eigenvalue weighted by atomic mass is 17.1. The number of nitrogens with zero attached hydrogens (tertiary/aromatic N) is 1. The van der Waals surface area contributed by atoms with E-state index in [4.69, 9.17) is 10.4 Å². The summed E-state index contributed by atoms with van der Waals surface area (Å²) in [5.74, 6) is 0. The topological polar surface area (TPSA) is 65.0 Å². The zero-order valence-corrected chi connectivity index (χ0v) is 6.08. The summed E-state index contributed by atoms with van der Waals surface area (Å²) in [4.78, 5) is 4.27. The number of rotatable bonds is 6. The monoisotopic (exact) mass is 150 g/mol.